The summed E-state index contributed by atoms with van der Waals surface area (Å²) in [7, 11) is 0. The lowest BCUT2D eigenvalue weighted by Gasteiger charge is -2.32. The predicted octanol–water partition coefficient (Wildman–Crippen LogP) is 2.91. The zero-order valence-electron chi connectivity index (χ0n) is 13.3. The molecule has 126 valence electrons. The number of nitrogens with zero attached hydrogens (tertiary/aromatic N) is 3. The molecule has 1 fully saturated rings. The smallest absolute Gasteiger partial charge is 0.326 e. The number of rotatable bonds is 3. The molecule has 0 radical (unpaired) electrons. The summed E-state index contributed by atoms with van der Waals surface area (Å²) in [5.41, 5.74) is 1.79. The van der Waals surface area contributed by atoms with Crippen LogP contribution < -0.4 is 0 Å². The van der Waals surface area contributed by atoms with Gasteiger partial charge in [-0.05, 0) is 50.5 Å². The first-order chi connectivity index (χ1) is 11.5. The quantitative estimate of drug-likeness (QED) is 0.926. The number of aryl methyl sites for hydroxylation is 1. The number of aliphatic carboxylic acids is 1. The van der Waals surface area contributed by atoms with Crippen molar-refractivity contribution in [2.75, 3.05) is 6.54 Å². The molecule has 1 amide bonds. The normalized spacial score (nSPS) is 17.8. The van der Waals surface area contributed by atoms with Crippen molar-refractivity contribution in [2.24, 2.45) is 0 Å². The topological polar surface area (TPSA) is 75.4 Å². The van der Waals surface area contributed by atoms with Gasteiger partial charge in [-0.1, -0.05) is 11.6 Å². The van der Waals surface area contributed by atoms with Gasteiger partial charge in [0.25, 0.3) is 5.91 Å². The standard InChI is InChI=1S/C17H18ClN3O3/c1-11-14(10-21(19-11)13-7-5-12(18)6-8-13)16(22)20-9-3-2-4-15(20)17(23)24/h5-8,10,15H,2-4,9H2,1H3,(H,23,24)/t15-/m1/s1. The van der Waals surface area contributed by atoms with E-state index in [9.17, 15) is 14.7 Å². The summed E-state index contributed by atoms with van der Waals surface area (Å²) in [4.78, 5) is 25.7. The fourth-order valence-corrected chi connectivity index (χ4v) is 3.11. The molecule has 1 aliphatic rings. The Morgan fingerprint density at radius 3 is 2.62 bits per heavy atom. The Morgan fingerprint density at radius 2 is 1.96 bits per heavy atom. The van der Waals surface area contributed by atoms with Gasteiger partial charge in [0, 0.05) is 17.8 Å². The Kier molecular flexibility index (Phi) is 4.57. The molecule has 7 heteroatoms. The molecule has 2 aromatic rings. The Hall–Kier alpha value is -2.34. The molecule has 1 atom stereocenters. The van der Waals surface area contributed by atoms with Gasteiger partial charge in [0.05, 0.1) is 16.9 Å². The fraction of sp³-hybridized carbons (Fsp3) is 0.353. The third kappa shape index (κ3) is 3.14. The van der Waals surface area contributed by atoms with Crippen LogP contribution in [0, 0.1) is 6.92 Å². The van der Waals surface area contributed by atoms with Crippen molar-refractivity contribution < 1.29 is 14.7 Å². The van der Waals surface area contributed by atoms with Crippen LogP contribution in [0.15, 0.2) is 30.5 Å². The maximum atomic E-state index is 12.8. The first kappa shape index (κ1) is 16.5. The van der Waals surface area contributed by atoms with Crippen LogP contribution in [-0.4, -0.2) is 44.3 Å². The molecule has 6 nitrogen and oxygen atoms in total. The maximum absolute atomic E-state index is 12.8. The van der Waals surface area contributed by atoms with E-state index in [0.717, 1.165) is 18.5 Å². The van der Waals surface area contributed by atoms with Crippen molar-refractivity contribution in [3.05, 3.63) is 46.7 Å². The third-order valence-electron chi connectivity index (χ3n) is 4.27. The number of hydrogen-bond donors (Lipinski definition) is 1. The third-order valence-corrected chi connectivity index (χ3v) is 4.52. The molecule has 1 saturated heterocycles. The van der Waals surface area contributed by atoms with Crippen LogP contribution in [0.2, 0.25) is 5.02 Å². The zero-order chi connectivity index (χ0) is 17.3. The summed E-state index contributed by atoms with van der Waals surface area (Å²) in [5, 5.41) is 14.4. The summed E-state index contributed by atoms with van der Waals surface area (Å²) in [6, 6.07) is 6.36. The van der Waals surface area contributed by atoms with Crippen molar-refractivity contribution in [3.8, 4) is 5.69 Å². The van der Waals surface area contributed by atoms with Crippen LogP contribution in [0.1, 0.15) is 35.3 Å². The number of amides is 1. The van der Waals surface area contributed by atoms with Crippen LogP contribution in [0.4, 0.5) is 0 Å². The van der Waals surface area contributed by atoms with Gasteiger partial charge in [-0.15, -0.1) is 0 Å². The Balaban J connectivity index is 1.90. The van der Waals surface area contributed by atoms with Crippen molar-refractivity contribution in [2.45, 2.75) is 32.2 Å². The first-order valence-electron chi connectivity index (χ1n) is 7.83. The van der Waals surface area contributed by atoms with Crippen LogP contribution in [0.25, 0.3) is 5.69 Å². The van der Waals surface area contributed by atoms with Gasteiger partial charge >= 0.3 is 5.97 Å². The van der Waals surface area contributed by atoms with Crippen molar-refractivity contribution in [3.63, 3.8) is 0 Å². The number of hydrogen-bond acceptors (Lipinski definition) is 3. The van der Waals surface area contributed by atoms with Gasteiger partial charge < -0.3 is 10.0 Å². The van der Waals surface area contributed by atoms with Gasteiger partial charge in [0.2, 0.25) is 0 Å². The monoisotopic (exact) mass is 347 g/mol. The summed E-state index contributed by atoms with van der Waals surface area (Å²) in [6.07, 6.45) is 3.78. The molecule has 0 spiro atoms. The second-order valence-electron chi connectivity index (χ2n) is 5.90. The Labute approximate surface area is 144 Å². The average molecular weight is 348 g/mol. The summed E-state index contributed by atoms with van der Waals surface area (Å²) in [6.45, 7) is 2.21. The van der Waals surface area contributed by atoms with E-state index in [0.29, 0.717) is 29.2 Å². The number of carboxylic acid groups (broad SMARTS) is 1. The van der Waals surface area contributed by atoms with Gasteiger partial charge in [-0.25, -0.2) is 9.48 Å². The van der Waals surface area contributed by atoms with Crippen LogP contribution >= 0.6 is 11.6 Å². The molecular weight excluding hydrogens is 330 g/mol. The predicted molar refractivity (Wildman–Crippen MR) is 89.6 cm³/mol. The van der Waals surface area contributed by atoms with Gasteiger partial charge in [0.15, 0.2) is 0 Å². The molecule has 0 bridgehead atoms. The minimum absolute atomic E-state index is 0.278. The average Bonchev–Trinajstić information content (AvgIpc) is 2.96. The summed E-state index contributed by atoms with van der Waals surface area (Å²) >= 11 is 5.89. The van der Waals surface area contributed by atoms with Gasteiger partial charge in [0.1, 0.15) is 6.04 Å². The number of carbonyl (C=O) groups excluding carboxylic acids is 1. The van der Waals surface area contributed by atoms with Crippen molar-refractivity contribution in [1.29, 1.82) is 0 Å². The first-order valence-corrected chi connectivity index (χ1v) is 8.21. The van der Waals surface area contributed by atoms with Crippen molar-refractivity contribution in [1.82, 2.24) is 14.7 Å². The number of halogens is 1. The lowest BCUT2D eigenvalue weighted by molar-refractivity contribution is -0.143. The number of carbonyl (C=O) groups is 2. The molecular formula is C17H18ClN3O3. The molecule has 2 heterocycles. The zero-order valence-corrected chi connectivity index (χ0v) is 14.0. The molecule has 0 unspecified atom stereocenters. The molecule has 3 rings (SSSR count). The van der Waals surface area contributed by atoms with Crippen LogP contribution in [0.3, 0.4) is 0 Å². The van der Waals surface area contributed by atoms with E-state index in [1.54, 1.807) is 29.9 Å². The highest BCUT2D eigenvalue weighted by molar-refractivity contribution is 6.30. The lowest BCUT2D eigenvalue weighted by Crippen LogP contribution is -2.48. The molecule has 0 saturated carbocycles. The maximum Gasteiger partial charge on any atom is 0.326 e. The van der Waals surface area contributed by atoms with E-state index in [1.165, 1.54) is 4.90 Å². The highest BCUT2D eigenvalue weighted by Gasteiger charge is 2.33. The molecule has 0 aliphatic carbocycles. The van der Waals surface area contributed by atoms with Crippen molar-refractivity contribution >= 4 is 23.5 Å². The van der Waals surface area contributed by atoms with Gasteiger partial charge in [-0.3, -0.25) is 4.79 Å². The number of benzene rings is 1. The second kappa shape index (κ2) is 6.65. The van der Waals surface area contributed by atoms with E-state index >= 15 is 0 Å². The highest BCUT2D eigenvalue weighted by Crippen LogP contribution is 2.22. The Bertz CT molecular complexity index is 770. The molecule has 1 aliphatic heterocycles. The second-order valence-corrected chi connectivity index (χ2v) is 6.33. The highest BCUT2D eigenvalue weighted by atomic mass is 35.5. The molecule has 1 aromatic carbocycles. The minimum Gasteiger partial charge on any atom is -0.480 e. The molecule has 24 heavy (non-hydrogen) atoms. The summed E-state index contributed by atoms with van der Waals surface area (Å²) in [5.74, 6) is -1.23. The van der Waals surface area contributed by atoms with E-state index in [4.69, 9.17) is 11.6 Å². The fourth-order valence-electron chi connectivity index (χ4n) is 2.98. The van der Waals surface area contributed by atoms with Gasteiger partial charge in [-0.2, -0.15) is 5.10 Å². The number of piperidine rings is 1. The van der Waals surface area contributed by atoms with Crippen LogP contribution in [0.5, 0.6) is 0 Å². The number of aromatic nitrogens is 2. The molecule has 1 N–H and O–H groups in total. The van der Waals surface area contributed by atoms with Crippen LogP contribution in [-0.2, 0) is 4.79 Å². The Morgan fingerprint density at radius 1 is 1.25 bits per heavy atom. The van der Waals surface area contributed by atoms with E-state index in [1.807, 2.05) is 12.1 Å². The lowest BCUT2D eigenvalue weighted by atomic mass is 10.0. The summed E-state index contributed by atoms with van der Waals surface area (Å²) < 4.78 is 1.61. The minimum atomic E-state index is -0.953. The van der Waals surface area contributed by atoms with E-state index in [2.05, 4.69) is 5.10 Å². The largest absolute Gasteiger partial charge is 0.480 e. The molecule has 1 aromatic heterocycles. The SMILES string of the molecule is Cc1nn(-c2ccc(Cl)cc2)cc1C(=O)N1CCCC[C@@H]1C(=O)O. The van der Waals surface area contributed by atoms with E-state index < -0.39 is 12.0 Å². The number of likely N-dealkylation sites (tertiary alicyclic amines) is 1. The number of carboxylic acids is 1. The van der Waals surface area contributed by atoms with E-state index in [-0.39, 0.29) is 5.91 Å².